The average Bonchev–Trinajstić information content (AvgIpc) is 3.38. The molecule has 1 aliphatic heterocycles. The quantitative estimate of drug-likeness (QED) is 0.823. The lowest BCUT2D eigenvalue weighted by Gasteiger charge is -2.27. The van der Waals surface area contributed by atoms with Crippen molar-refractivity contribution in [3.63, 3.8) is 0 Å². The number of likely N-dealkylation sites (N-methyl/N-ethyl adjacent to an activating group) is 1. The molecule has 0 amide bonds. The SMILES string of the molecule is CN(c1ccnc(C2CC2)n1)C1CCN(c2ncnc(C(C)(C)C)c2F)C1. The van der Waals surface area contributed by atoms with Gasteiger partial charge in [-0.15, -0.1) is 0 Å². The lowest BCUT2D eigenvalue weighted by Crippen LogP contribution is -2.35. The topological polar surface area (TPSA) is 58.0 Å². The van der Waals surface area contributed by atoms with Crippen molar-refractivity contribution in [2.45, 2.75) is 57.4 Å². The van der Waals surface area contributed by atoms with Crippen LogP contribution in [0.3, 0.4) is 0 Å². The molecule has 1 aliphatic carbocycles. The minimum absolute atomic E-state index is 0.263. The van der Waals surface area contributed by atoms with Crippen LogP contribution in [0.4, 0.5) is 16.0 Å². The molecule has 2 fully saturated rings. The average molecular weight is 370 g/mol. The van der Waals surface area contributed by atoms with Gasteiger partial charge in [-0.05, 0) is 25.3 Å². The molecule has 2 aromatic heterocycles. The number of halogens is 1. The largest absolute Gasteiger partial charge is 0.355 e. The predicted molar refractivity (Wildman–Crippen MR) is 104 cm³/mol. The second-order valence-electron chi connectivity index (χ2n) is 8.66. The van der Waals surface area contributed by atoms with E-state index in [-0.39, 0.29) is 17.3 Å². The molecular weight excluding hydrogens is 343 g/mol. The Bertz CT molecular complexity index is 829. The highest BCUT2D eigenvalue weighted by atomic mass is 19.1. The van der Waals surface area contributed by atoms with Crippen LogP contribution in [0, 0.1) is 5.82 Å². The fraction of sp³-hybridized carbons (Fsp3) is 0.600. The van der Waals surface area contributed by atoms with Crippen LogP contribution in [-0.4, -0.2) is 46.1 Å². The summed E-state index contributed by atoms with van der Waals surface area (Å²) in [6, 6.07) is 2.22. The molecule has 0 radical (unpaired) electrons. The molecule has 3 heterocycles. The highest BCUT2D eigenvalue weighted by Crippen LogP contribution is 2.38. The number of rotatable bonds is 4. The van der Waals surface area contributed by atoms with E-state index in [0.717, 1.165) is 31.2 Å². The number of nitrogens with zero attached hydrogens (tertiary/aromatic N) is 6. The van der Waals surface area contributed by atoms with Crippen LogP contribution in [0.15, 0.2) is 18.6 Å². The standard InChI is InChI=1S/C20H27FN6/c1-20(2,3)17-16(21)19(24-12-23-17)27-10-8-14(11-27)26(4)15-7-9-22-18(25-15)13-5-6-13/h7,9,12-14H,5-6,8,10-11H2,1-4H3. The van der Waals surface area contributed by atoms with Crippen molar-refractivity contribution in [3.05, 3.63) is 35.9 Å². The molecule has 0 bridgehead atoms. The Labute approximate surface area is 159 Å². The smallest absolute Gasteiger partial charge is 0.187 e. The molecular formula is C20H27FN6. The first-order valence-electron chi connectivity index (χ1n) is 9.66. The lowest BCUT2D eigenvalue weighted by atomic mass is 9.91. The van der Waals surface area contributed by atoms with Crippen molar-refractivity contribution in [3.8, 4) is 0 Å². The minimum Gasteiger partial charge on any atom is -0.355 e. The zero-order valence-corrected chi connectivity index (χ0v) is 16.5. The Morgan fingerprint density at radius 3 is 2.63 bits per heavy atom. The van der Waals surface area contributed by atoms with Gasteiger partial charge in [-0.1, -0.05) is 20.8 Å². The Kier molecular flexibility index (Phi) is 4.48. The molecule has 0 aromatic carbocycles. The van der Waals surface area contributed by atoms with Gasteiger partial charge in [-0.25, -0.2) is 24.3 Å². The predicted octanol–water partition coefficient (Wildman–Crippen LogP) is 3.30. The van der Waals surface area contributed by atoms with Gasteiger partial charge in [0.25, 0.3) is 0 Å². The van der Waals surface area contributed by atoms with E-state index in [0.29, 0.717) is 17.4 Å². The van der Waals surface area contributed by atoms with E-state index in [1.54, 1.807) is 0 Å². The number of hydrogen-bond acceptors (Lipinski definition) is 6. The van der Waals surface area contributed by atoms with Gasteiger partial charge < -0.3 is 9.80 Å². The van der Waals surface area contributed by atoms with E-state index < -0.39 is 0 Å². The Morgan fingerprint density at radius 2 is 1.93 bits per heavy atom. The third-order valence-electron chi connectivity index (χ3n) is 5.46. The molecule has 0 spiro atoms. The molecule has 1 saturated heterocycles. The maximum Gasteiger partial charge on any atom is 0.187 e. The highest BCUT2D eigenvalue weighted by Gasteiger charge is 2.32. The Morgan fingerprint density at radius 1 is 1.15 bits per heavy atom. The highest BCUT2D eigenvalue weighted by molar-refractivity contribution is 5.46. The monoisotopic (exact) mass is 370 g/mol. The van der Waals surface area contributed by atoms with E-state index in [1.165, 1.54) is 19.2 Å². The second-order valence-corrected chi connectivity index (χ2v) is 8.66. The summed E-state index contributed by atoms with van der Waals surface area (Å²) in [6.45, 7) is 7.39. The third-order valence-corrected chi connectivity index (χ3v) is 5.46. The maximum absolute atomic E-state index is 15.0. The zero-order chi connectivity index (χ0) is 19.2. The summed E-state index contributed by atoms with van der Waals surface area (Å²) in [6.07, 6.45) is 6.63. The van der Waals surface area contributed by atoms with Crippen LogP contribution < -0.4 is 9.80 Å². The lowest BCUT2D eigenvalue weighted by molar-refractivity contribution is 0.497. The molecule has 144 valence electrons. The van der Waals surface area contributed by atoms with E-state index in [1.807, 2.05) is 37.9 Å². The van der Waals surface area contributed by atoms with Gasteiger partial charge in [0, 0.05) is 43.7 Å². The minimum atomic E-state index is -0.349. The van der Waals surface area contributed by atoms with Gasteiger partial charge >= 0.3 is 0 Å². The van der Waals surface area contributed by atoms with Gasteiger partial charge in [0.1, 0.15) is 18.0 Å². The summed E-state index contributed by atoms with van der Waals surface area (Å²) in [4.78, 5) is 21.8. The number of aromatic nitrogens is 4. The summed E-state index contributed by atoms with van der Waals surface area (Å²) in [5, 5.41) is 0. The first kappa shape index (κ1) is 18.1. The van der Waals surface area contributed by atoms with E-state index in [2.05, 4.69) is 26.9 Å². The van der Waals surface area contributed by atoms with E-state index in [9.17, 15) is 0 Å². The Hall–Kier alpha value is -2.31. The summed E-state index contributed by atoms with van der Waals surface area (Å²) in [5.41, 5.74) is 0.117. The molecule has 1 unspecified atom stereocenters. The molecule has 1 atom stereocenters. The molecule has 1 saturated carbocycles. The van der Waals surface area contributed by atoms with Crippen molar-refractivity contribution in [1.29, 1.82) is 0 Å². The number of hydrogen-bond donors (Lipinski definition) is 0. The van der Waals surface area contributed by atoms with Crippen LogP contribution in [0.2, 0.25) is 0 Å². The van der Waals surface area contributed by atoms with Gasteiger partial charge in [-0.2, -0.15) is 0 Å². The molecule has 27 heavy (non-hydrogen) atoms. The van der Waals surface area contributed by atoms with Gasteiger partial charge in [0.15, 0.2) is 11.6 Å². The third kappa shape index (κ3) is 3.59. The van der Waals surface area contributed by atoms with Gasteiger partial charge in [0.05, 0.1) is 5.69 Å². The normalized spacial score (nSPS) is 20.2. The van der Waals surface area contributed by atoms with Crippen molar-refractivity contribution >= 4 is 11.6 Å². The van der Waals surface area contributed by atoms with Crippen LogP contribution in [0.25, 0.3) is 0 Å². The zero-order valence-electron chi connectivity index (χ0n) is 16.5. The second kappa shape index (κ2) is 6.69. The van der Waals surface area contributed by atoms with Crippen LogP contribution >= 0.6 is 0 Å². The Balaban J connectivity index is 1.51. The van der Waals surface area contributed by atoms with E-state index in [4.69, 9.17) is 4.98 Å². The molecule has 4 rings (SSSR count). The van der Waals surface area contributed by atoms with Crippen LogP contribution in [0.5, 0.6) is 0 Å². The molecule has 0 N–H and O–H groups in total. The maximum atomic E-state index is 15.0. The van der Waals surface area contributed by atoms with Crippen molar-refractivity contribution in [2.75, 3.05) is 29.9 Å². The van der Waals surface area contributed by atoms with Crippen molar-refractivity contribution in [2.24, 2.45) is 0 Å². The first-order chi connectivity index (χ1) is 12.8. The summed E-state index contributed by atoms with van der Waals surface area (Å²) < 4.78 is 15.0. The number of anilines is 2. The van der Waals surface area contributed by atoms with E-state index >= 15 is 4.39 Å². The molecule has 6 nitrogen and oxygen atoms in total. The molecule has 2 aliphatic rings. The van der Waals surface area contributed by atoms with Crippen molar-refractivity contribution < 1.29 is 4.39 Å². The molecule has 7 heteroatoms. The van der Waals surface area contributed by atoms with Gasteiger partial charge in [0.2, 0.25) is 0 Å². The summed E-state index contributed by atoms with van der Waals surface area (Å²) in [7, 11) is 2.06. The molecule has 2 aromatic rings. The first-order valence-corrected chi connectivity index (χ1v) is 9.66. The van der Waals surface area contributed by atoms with Crippen LogP contribution in [0.1, 0.15) is 57.5 Å². The fourth-order valence-electron chi connectivity index (χ4n) is 3.64. The summed E-state index contributed by atoms with van der Waals surface area (Å²) >= 11 is 0. The van der Waals surface area contributed by atoms with Crippen molar-refractivity contribution in [1.82, 2.24) is 19.9 Å². The van der Waals surface area contributed by atoms with Gasteiger partial charge in [-0.3, -0.25) is 0 Å². The van der Waals surface area contributed by atoms with Crippen LogP contribution in [-0.2, 0) is 5.41 Å². The fourth-order valence-corrected chi connectivity index (χ4v) is 3.64. The summed E-state index contributed by atoms with van der Waals surface area (Å²) in [5.74, 6) is 2.53.